The molecule has 7 aromatic carbocycles. The maximum Gasteiger partial charge on any atom is 0.164 e. The van der Waals surface area contributed by atoms with E-state index in [1.807, 2.05) is 18.2 Å². The summed E-state index contributed by atoms with van der Waals surface area (Å²) in [5.74, 6) is 2.04. The van der Waals surface area contributed by atoms with E-state index < -0.39 is 0 Å². The Labute approximate surface area is 305 Å². The zero-order chi connectivity index (χ0) is 34.7. The molecule has 0 amide bonds. The smallest absolute Gasteiger partial charge is 0.164 e. The molecule has 0 bridgehead atoms. The van der Waals surface area contributed by atoms with Gasteiger partial charge < -0.3 is 0 Å². The van der Waals surface area contributed by atoms with Gasteiger partial charge >= 0.3 is 0 Å². The Hall–Kier alpha value is -6.19. The molecular weight excluding hydrogens is 631 g/mol. The summed E-state index contributed by atoms with van der Waals surface area (Å²) in [7, 11) is 0. The van der Waals surface area contributed by atoms with E-state index in [1.54, 1.807) is 0 Å². The molecule has 0 atom stereocenters. The van der Waals surface area contributed by atoms with E-state index in [2.05, 4.69) is 158 Å². The molecule has 3 nitrogen and oxygen atoms in total. The van der Waals surface area contributed by atoms with Crippen LogP contribution >= 0.6 is 0 Å². The van der Waals surface area contributed by atoms with Crippen molar-refractivity contribution < 1.29 is 0 Å². The average Bonchev–Trinajstić information content (AvgIpc) is 3.24. The van der Waals surface area contributed by atoms with Crippen molar-refractivity contribution in [3.8, 4) is 56.4 Å². The minimum Gasteiger partial charge on any atom is -0.208 e. The monoisotopic (exact) mass is 669 g/mol. The van der Waals surface area contributed by atoms with Gasteiger partial charge in [0.15, 0.2) is 17.5 Å². The minimum absolute atomic E-state index is 0.0221. The first kappa shape index (κ1) is 31.8. The molecule has 1 aliphatic carbocycles. The molecule has 1 aromatic heterocycles. The van der Waals surface area contributed by atoms with Gasteiger partial charge in [0.05, 0.1) is 0 Å². The van der Waals surface area contributed by atoms with Crippen LogP contribution in [0.2, 0.25) is 0 Å². The van der Waals surface area contributed by atoms with Gasteiger partial charge in [-0.3, -0.25) is 0 Å². The van der Waals surface area contributed by atoms with Gasteiger partial charge in [-0.05, 0) is 69.1 Å². The highest BCUT2D eigenvalue weighted by atomic mass is 15.0. The summed E-state index contributed by atoms with van der Waals surface area (Å²) in [6, 6.07) is 62.9. The van der Waals surface area contributed by atoms with Gasteiger partial charge in [-0.1, -0.05) is 183 Å². The Kier molecular flexibility index (Phi) is 8.46. The van der Waals surface area contributed by atoms with Crippen LogP contribution < -0.4 is 0 Å². The first-order chi connectivity index (χ1) is 25.7. The Bertz CT molecular complexity index is 2460. The molecule has 0 unspecified atom stereocenters. The van der Waals surface area contributed by atoms with Crippen molar-refractivity contribution in [3.63, 3.8) is 0 Å². The van der Waals surface area contributed by atoms with Crippen LogP contribution in [0.5, 0.6) is 0 Å². The third kappa shape index (κ3) is 6.20. The zero-order valence-corrected chi connectivity index (χ0v) is 29.1. The zero-order valence-electron chi connectivity index (χ0n) is 29.1. The fourth-order valence-electron chi connectivity index (χ4n) is 8.01. The largest absolute Gasteiger partial charge is 0.208 e. The van der Waals surface area contributed by atoms with Crippen molar-refractivity contribution in [1.29, 1.82) is 0 Å². The van der Waals surface area contributed by atoms with Crippen LogP contribution in [0.25, 0.3) is 67.2 Å². The summed E-state index contributed by atoms with van der Waals surface area (Å²) in [6.07, 6.45) is 6.03. The van der Waals surface area contributed by atoms with Crippen LogP contribution in [0.15, 0.2) is 176 Å². The molecule has 52 heavy (non-hydrogen) atoms. The second-order valence-electron chi connectivity index (χ2n) is 14.0. The summed E-state index contributed by atoms with van der Waals surface area (Å²) < 4.78 is 0. The van der Waals surface area contributed by atoms with Crippen LogP contribution in [0.1, 0.15) is 43.2 Å². The van der Waals surface area contributed by atoms with E-state index in [9.17, 15) is 0 Å². The van der Waals surface area contributed by atoms with E-state index in [4.69, 9.17) is 15.0 Å². The van der Waals surface area contributed by atoms with Crippen LogP contribution in [-0.2, 0) is 5.41 Å². The third-order valence-electron chi connectivity index (χ3n) is 10.8. The van der Waals surface area contributed by atoms with Crippen molar-refractivity contribution in [2.45, 2.75) is 37.5 Å². The van der Waals surface area contributed by atoms with Crippen molar-refractivity contribution in [3.05, 3.63) is 187 Å². The molecule has 8 aromatic rings. The topological polar surface area (TPSA) is 38.7 Å². The molecule has 0 spiro atoms. The van der Waals surface area contributed by atoms with Crippen LogP contribution in [-0.4, -0.2) is 15.0 Å². The SMILES string of the molecule is c1ccc(-c2cccc(-c3ccc(C4(c5ccc(-c6nc(-c7ccccc7)nc(-c7ccc8ccccc8c7)n6)cc5)CCCCC4)cc3)c2)cc1. The molecule has 0 radical (unpaired) electrons. The highest BCUT2D eigenvalue weighted by Crippen LogP contribution is 2.46. The molecule has 3 heteroatoms. The second kappa shape index (κ2) is 13.8. The van der Waals surface area contributed by atoms with E-state index in [0.29, 0.717) is 17.5 Å². The van der Waals surface area contributed by atoms with E-state index >= 15 is 0 Å². The Balaban J connectivity index is 1.06. The van der Waals surface area contributed by atoms with E-state index in [-0.39, 0.29) is 5.41 Å². The lowest BCUT2D eigenvalue weighted by Gasteiger charge is -2.39. The number of rotatable bonds is 7. The Morgan fingerprint density at radius 3 is 1.37 bits per heavy atom. The van der Waals surface area contributed by atoms with Gasteiger partial charge in [-0.15, -0.1) is 0 Å². The lowest BCUT2D eigenvalue weighted by molar-refractivity contribution is 0.346. The fraction of sp³-hybridized carbons (Fsp3) is 0.122. The number of hydrogen-bond donors (Lipinski definition) is 0. The fourth-order valence-corrected chi connectivity index (χ4v) is 8.01. The average molecular weight is 670 g/mol. The first-order valence-corrected chi connectivity index (χ1v) is 18.4. The normalized spacial score (nSPS) is 13.9. The summed E-state index contributed by atoms with van der Waals surface area (Å²) >= 11 is 0. The highest BCUT2D eigenvalue weighted by Gasteiger charge is 2.35. The number of hydrogen-bond acceptors (Lipinski definition) is 3. The lowest BCUT2D eigenvalue weighted by atomic mass is 9.65. The molecule has 250 valence electrons. The number of nitrogens with zero attached hydrogens (tertiary/aromatic N) is 3. The number of benzene rings is 7. The van der Waals surface area contributed by atoms with Crippen molar-refractivity contribution in [1.82, 2.24) is 15.0 Å². The Morgan fingerprint density at radius 2 is 0.750 bits per heavy atom. The first-order valence-electron chi connectivity index (χ1n) is 18.4. The van der Waals surface area contributed by atoms with Gasteiger partial charge in [-0.25, -0.2) is 15.0 Å². The van der Waals surface area contributed by atoms with E-state index in [1.165, 1.54) is 63.4 Å². The molecule has 1 saturated carbocycles. The molecule has 0 aliphatic heterocycles. The number of fused-ring (bicyclic) bond motifs is 1. The summed E-state index contributed by atoms with van der Waals surface area (Å²) in [5, 5.41) is 2.36. The van der Waals surface area contributed by atoms with Crippen molar-refractivity contribution in [2.24, 2.45) is 0 Å². The summed E-state index contributed by atoms with van der Waals surface area (Å²) in [6.45, 7) is 0. The molecule has 0 saturated heterocycles. The van der Waals surface area contributed by atoms with Gasteiger partial charge in [0.1, 0.15) is 0 Å². The predicted octanol–water partition coefficient (Wildman–Crippen LogP) is 12.6. The minimum atomic E-state index is -0.0221. The van der Waals surface area contributed by atoms with E-state index in [0.717, 1.165) is 29.5 Å². The molecule has 1 heterocycles. The maximum atomic E-state index is 5.07. The second-order valence-corrected chi connectivity index (χ2v) is 14.0. The summed E-state index contributed by atoms with van der Waals surface area (Å²) in [4.78, 5) is 15.1. The van der Waals surface area contributed by atoms with Crippen LogP contribution in [0.4, 0.5) is 0 Å². The van der Waals surface area contributed by atoms with Crippen molar-refractivity contribution in [2.75, 3.05) is 0 Å². The van der Waals surface area contributed by atoms with Crippen molar-refractivity contribution >= 4 is 10.8 Å². The quantitative estimate of drug-likeness (QED) is 0.169. The van der Waals surface area contributed by atoms with Crippen LogP contribution in [0.3, 0.4) is 0 Å². The Morgan fingerprint density at radius 1 is 0.308 bits per heavy atom. The highest BCUT2D eigenvalue weighted by molar-refractivity contribution is 5.86. The third-order valence-corrected chi connectivity index (χ3v) is 10.8. The van der Waals surface area contributed by atoms with Crippen LogP contribution in [0, 0.1) is 0 Å². The molecular formula is C49H39N3. The standard InChI is InChI=1S/C49H39N3/c1-4-13-35(14-5-1)41-19-12-20-42(33-41)37-23-27-44(28-24-37)49(31-10-3-11-32-49)45-29-25-39(26-30-45)47-50-46(38-16-6-2-7-17-38)51-48(52-47)43-22-21-36-15-8-9-18-40(36)34-43/h1-2,4-9,12-30,33-34H,3,10-11,31-32H2. The molecule has 1 fully saturated rings. The molecule has 1 aliphatic rings. The van der Waals surface area contributed by atoms with Gasteiger partial charge in [0, 0.05) is 22.1 Å². The summed E-state index contributed by atoms with van der Waals surface area (Å²) in [5.41, 5.74) is 10.6. The van der Waals surface area contributed by atoms with Gasteiger partial charge in [0.25, 0.3) is 0 Å². The molecule has 0 N–H and O–H groups in total. The molecule has 9 rings (SSSR count). The number of aromatic nitrogens is 3. The predicted molar refractivity (Wildman–Crippen MR) is 215 cm³/mol. The van der Waals surface area contributed by atoms with Gasteiger partial charge in [-0.2, -0.15) is 0 Å². The van der Waals surface area contributed by atoms with Gasteiger partial charge in [0.2, 0.25) is 0 Å². The lowest BCUT2D eigenvalue weighted by Crippen LogP contribution is -2.30. The maximum absolute atomic E-state index is 5.07.